The maximum atomic E-state index is 13.3. The van der Waals surface area contributed by atoms with Gasteiger partial charge in [0.15, 0.2) is 11.5 Å². The molecule has 0 spiro atoms. The van der Waals surface area contributed by atoms with E-state index in [1.165, 1.54) is 0 Å². The summed E-state index contributed by atoms with van der Waals surface area (Å²) in [6.07, 6.45) is 2.83. The first-order valence-corrected chi connectivity index (χ1v) is 13.4. The molecule has 4 aromatic rings. The van der Waals surface area contributed by atoms with Crippen molar-refractivity contribution < 1.29 is 15.4 Å². The van der Waals surface area contributed by atoms with E-state index >= 15 is 0 Å². The van der Waals surface area contributed by atoms with Crippen molar-refractivity contribution in [1.29, 1.82) is 0 Å². The van der Waals surface area contributed by atoms with Crippen molar-refractivity contribution in [3.05, 3.63) is 66.4 Å². The zero-order valence-electron chi connectivity index (χ0n) is 23.0. The molecule has 3 heterocycles. The summed E-state index contributed by atoms with van der Waals surface area (Å²) >= 11 is 0. The van der Waals surface area contributed by atoms with Crippen molar-refractivity contribution in [1.82, 2.24) is 30.0 Å². The number of carbonyl (C=O) groups is 2. The number of nitrogens with zero attached hydrogens (tertiary/aromatic N) is 6. The number of nitrogen functional groups attached to an aromatic ring is 1. The molecule has 2 aromatic carbocycles. The van der Waals surface area contributed by atoms with Gasteiger partial charge in [-0.3, -0.25) is 9.59 Å². The van der Waals surface area contributed by atoms with Crippen LogP contribution < -0.4 is 5.73 Å². The molecule has 10 nitrogen and oxygen atoms in total. The summed E-state index contributed by atoms with van der Waals surface area (Å²) in [5.74, 6) is 0.802. The zero-order chi connectivity index (χ0) is 28.3. The van der Waals surface area contributed by atoms with E-state index < -0.39 is 0 Å². The number of nitrogens with two attached hydrogens (primary N) is 1. The minimum Gasteiger partial charge on any atom is -0.414 e. The van der Waals surface area contributed by atoms with Gasteiger partial charge in [-0.15, -0.1) is 10.2 Å². The van der Waals surface area contributed by atoms with Crippen LogP contribution in [0.4, 0.5) is 5.82 Å². The maximum absolute atomic E-state index is 13.3. The highest BCUT2D eigenvalue weighted by atomic mass is 16.4. The molecular formula is C30H35N7O3. The van der Waals surface area contributed by atoms with Gasteiger partial charge in [0.05, 0.1) is 11.9 Å². The molecule has 1 fully saturated rings. The minimum atomic E-state index is -0.0628. The highest BCUT2D eigenvalue weighted by Crippen LogP contribution is 2.28. The molecule has 0 saturated carbocycles. The van der Waals surface area contributed by atoms with Crippen LogP contribution >= 0.6 is 0 Å². The molecule has 40 heavy (non-hydrogen) atoms. The fourth-order valence-corrected chi connectivity index (χ4v) is 4.61. The summed E-state index contributed by atoms with van der Waals surface area (Å²) in [4.78, 5) is 38.5. The van der Waals surface area contributed by atoms with Gasteiger partial charge < -0.3 is 20.0 Å². The van der Waals surface area contributed by atoms with Crippen LogP contribution in [0.25, 0.3) is 34.3 Å². The molecule has 5 rings (SSSR count). The third kappa shape index (κ3) is 6.17. The highest BCUT2D eigenvalue weighted by Gasteiger charge is 2.25. The second kappa shape index (κ2) is 11.3. The van der Waals surface area contributed by atoms with Crippen LogP contribution in [0.2, 0.25) is 0 Å². The molecule has 1 aliphatic heterocycles. The smallest absolute Gasteiger partial charge is 0.270 e. The summed E-state index contributed by atoms with van der Waals surface area (Å²) < 4.78 is 5.82. The Labute approximate surface area is 234 Å². The lowest BCUT2D eigenvalue weighted by molar-refractivity contribution is -0.132. The van der Waals surface area contributed by atoms with Crippen LogP contribution in [0.1, 0.15) is 45.4 Å². The Hall–Kier alpha value is -4.60. The molecule has 1 saturated heterocycles. The fourth-order valence-electron chi connectivity index (χ4n) is 4.61. The van der Waals surface area contributed by atoms with Crippen molar-refractivity contribution in [2.45, 2.75) is 33.6 Å². The lowest BCUT2D eigenvalue weighted by atomic mass is 9.91. The third-order valence-corrected chi connectivity index (χ3v) is 6.69. The Bertz CT molecular complexity index is 1500. The summed E-state index contributed by atoms with van der Waals surface area (Å²) in [7, 11) is 0. The van der Waals surface area contributed by atoms with Gasteiger partial charge in [0, 0.05) is 50.7 Å². The van der Waals surface area contributed by atoms with Crippen molar-refractivity contribution in [2.75, 3.05) is 31.9 Å². The number of aromatic nitrogens is 4. The van der Waals surface area contributed by atoms with Crippen LogP contribution in [0.15, 0.2) is 65.2 Å². The Morgan fingerprint density at radius 1 is 0.900 bits per heavy atom. The Morgan fingerprint density at radius 2 is 1.57 bits per heavy atom. The Kier molecular flexibility index (Phi) is 7.59. The Balaban J connectivity index is 0.00000387. The van der Waals surface area contributed by atoms with Gasteiger partial charge >= 0.3 is 0 Å². The quantitative estimate of drug-likeness (QED) is 0.381. The van der Waals surface area contributed by atoms with Crippen LogP contribution in [0.5, 0.6) is 0 Å². The van der Waals surface area contributed by atoms with Gasteiger partial charge in [0.2, 0.25) is 11.8 Å². The van der Waals surface area contributed by atoms with Crippen LogP contribution in [0, 0.1) is 5.41 Å². The van der Waals surface area contributed by atoms with E-state index in [1.807, 2.05) is 52.3 Å². The van der Waals surface area contributed by atoms with Crippen molar-refractivity contribution in [2.24, 2.45) is 5.41 Å². The monoisotopic (exact) mass is 541 g/mol. The molecule has 2 N–H and O–H groups in total. The lowest BCUT2D eigenvalue weighted by Crippen LogP contribution is -2.38. The van der Waals surface area contributed by atoms with Crippen LogP contribution in [-0.2, 0) is 4.79 Å². The van der Waals surface area contributed by atoms with Crippen molar-refractivity contribution >= 4 is 17.6 Å². The molecule has 0 aliphatic carbocycles. The third-order valence-electron chi connectivity index (χ3n) is 6.69. The number of benzene rings is 2. The van der Waals surface area contributed by atoms with Crippen molar-refractivity contribution in [3.8, 4) is 34.3 Å². The maximum Gasteiger partial charge on any atom is 0.270 e. The number of amides is 2. The second-order valence-electron chi connectivity index (χ2n) is 11.1. The van der Waals surface area contributed by atoms with Crippen molar-refractivity contribution in [3.63, 3.8) is 0 Å². The first-order valence-electron chi connectivity index (χ1n) is 13.4. The van der Waals surface area contributed by atoms with Gasteiger partial charge in [-0.2, -0.15) is 0 Å². The number of hydrogen-bond acceptors (Lipinski definition) is 8. The zero-order valence-corrected chi connectivity index (χ0v) is 23.0. The normalized spacial score (nSPS) is 14.2. The van der Waals surface area contributed by atoms with E-state index in [4.69, 9.17) is 10.2 Å². The number of carbonyl (C=O) groups excluding carboxylic acids is 2. The fraction of sp³-hybridized carbons (Fsp3) is 0.333. The van der Waals surface area contributed by atoms with Gasteiger partial charge in [-0.1, -0.05) is 51.1 Å². The predicted octanol–water partition coefficient (Wildman–Crippen LogP) is 4.80. The molecular weight excluding hydrogens is 506 g/mol. The van der Waals surface area contributed by atoms with E-state index in [0.29, 0.717) is 55.4 Å². The number of hydrogen-bond donors (Lipinski definition) is 1. The van der Waals surface area contributed by atoms with Gasteiger partial charge in [-0.25, -0.2) is 9.97 Å². The molecule has 1 aliphatic rings. The summed E-state index contributed by atoms with van der Waals surface area (Å²) in [6.45, 7) is 8.52. The molecule has 2 aromatic heterocycles. The molecule has 10 heteroatoms. The average Bonchev–Trinajstić information content (AvgIpc) is 3.30. The van der Waals surface area contributed by atoms with Gasteiger partial charge in [0.25, 0.3) is 11.8 Å². The molecule has 0 atom stereocenters. The van der Waals surface area contributed by atoms with Gasteiger partial charge in [-0.05, 0) is 36.1 Å². The summed E-state index contributed by atoms with van der Waals surface area (Å²) in [6, 6.07) is 16.7. The van der Waals surface area contributed by atoms with E-state index in [2.05, 4.69) is 40.9 Å². The first kappa shape index (κ1) is 27.0. The number of anilines is 1. The lowest BCUT2D eigenvalue weighted by Gasteiger charge is -2.25. The van der Waals surface area contributed by atoms with Crippen LogP contribution in [-0.4, -0.2) is 68.0 Å². The largest absolute Gasteiger partial charge is 0.414 e. The van der Waals surface area contributed by atoms with E-state index in [1.54, 1.807) is 18.3 Å². The van der Waals surface area contributed by atoms with Crippen LogP contribution in [0.3, 0.4) is 0 Å². The SMILES string of the molecule is CC(C)(C)CC(=O)N1CCCN(C(=O)c2ccc(-c3cnc(N)c(-c4nnc(-c5ccccc5)o4)n3)cc2)CC1.[HH]. The summed E-state index contributed by atoms with van der Waals surface area (Å²) in [5, 5.41) is 8.23. The van der Waals surface area contributed by atoms with E-state index in [0.717, 1.165) is 17.5 Å². The number of rotatable bonds is 5. The first-order chi connectivity index (χ1) is 19.2. The van der Waals surface area contributed by atoms with E-state index in [-0.39, 0.29) is 30.4 Å². The van der Waals surface area contributed by atoms with E-state index in [9.17, 15) is 9.59 Å². The predicted molar refractivity (Wildman–Crippen MR) is 154 cm³/mol. The molecule has 208 valence electrons. The topological polar surface area (TPSA) is 131 Å². The Morgan fingerprint density at radius 3 is 2.30 bits per heavy atom. The minimum absolute atomic E-state index is 0. The average molecular weight is 542 g/mol. The molecule has 0 bridgehead atoms. The standard InChI is InChI=1S/C30H33N7O3.H2/c1-30(2,3)18-24(38)36-14-7-15-37(17-16-36)29(39)22-12-10-20(11-13-22)23-19-32-26(31)25(33-23)28-35-34-27(40-28)21-8-5-4-6-9-21;/h4-6,8-13,19H,7,14-18H2,1-3H3,(H2,31,32);1H. The highest BCUT2D eigenvalue weighted by molar-refractivity contribution is 5.94. The van der Waals surface area contributed by atoms with Gasteiger partial charge in [0.1, 0.15) is 0 Å². The second-order valence-corrected chi connectivity index (χ2v) is 11.1. The summed E-state index contributed by atoms with van der Waals surface area (Å²) in [5.41, 5.74) is 9.01. The molecule has 2 amide bonds. The molecule has 0 unspecified atom stereocenters. The molecule has 0 radical (unpaired) electrons.